The number of hydrogen-bond donors (Lipinski definition) is 0. The molecule has 0 aromatic heterocycles. The maximum absolute atomic E-state index is 12.5. The number of hydrogen-bond acceptors (Lipinski definition) is 7. The number of rotatable bonds is 10. The largest absolute Gasteiger partial charge is 0.497 e. The summed E-state index contributed by atoms with van der Waals surface area (Å²) in [5.41, 5.74) is 0.817. The van der Waals surface area contributed by atoms with Gasteiger partial charge in [-0.05, 0) is 48.0 Å². The van der Waals surface area contributed by atoms with E-state index >= 15 is 0 Å². The molecule has 1 amide bonds. The highest BCUT2D eigenvalue weighted by Gasteiger charge is 2.30. The van der Waals surface area contributed by atoms with E-state index in [4.69, 9.17) is 31.2 Å². The smallest absolute Gasteiger partial charge is 0.266 e. The Balaban J connectivity index is 1.60. The van der Waals surface area contributed by atoms with Gasteiger partial charge >= 0.3 is 0 Å². The summed E-state index contributed by atoms with van der Waals surface area (Å²) >= 11 is 6.55. The van der Waals surface area contributed by atoms with Crippen LogP contribution in [0.3, 0.4) is 0 Å². The van der Waals surface area contributed by atoms with Crippen molar-refractivity contribution in [2.24, 2.45) is 0 Å². The number of benzene rings is 2. The Morgan fingerprint density at radius 2 is 1.71 bits per heavy atom. The third-order valence-electron chi connectivity index (χ3n) is 4.34. The van der Waals surface area contributed by atoms with Gasteiger partial charge in [0, 0.05) is 6.54 Å². The molecule has 0 spiro atoms. The van der Waals surface area contributed by atoms with Crippen LogP contribution in [0.1, 0.15) is 5.56 Å². The minimum Gasteiger partial charge on any atom is -0.497 e. The Morgan fingerprint density at radius 3 is 2.39 bits per heavy atom. The van der Waals surface area contributed by atoms with Crippen LogP contribution in [0.25, 0.3) is 6.08 Å². The molecule has 1 heterocycles. The van der Waals surface area contributed by atoms with Crippen LogP contribution in [-0.4, -0.2) is 49.1 Å². The van der Waals surface area contributed by atoms with E-state index in [-0.39, 0.29) is 5.91 Å². The molecule has 0 aliphatic carbocycles. The van der Waals surface area contributed by atoms with Crippen molar-refractivity contribution in [3.8, 4) is 23.0 Å². The fourth-order valence-electron chi connectivity index (χ4n) is 2.81. The predicted molar refractivity (Wildman–Crippen MR) is 127 cm³/mol. The van der Waals surface area contributed by atoms with E-state index < -0.39 is 0 Å². The zero-order valence-electron chi connectivity index (χ0n) is 17.3. The van der Waals surface area contributed by atoms with Crippen molar-refractivity contribution in [2.45, 2.75) is 0 Å². The topological polar surface area (TPSA) is 57.2 Å². The van der Waals surface area contributed by atoms with Crippen LogP contribution in [0.2, 0.25) is 0 Å². The van der Waals surface area contributed by atoms with Gasteiger partial charge in [0.05, 0.1) is 19.1 Å². The lowest BCUT2D eigenvalue weighted by Crippen LogP contribution is -2.27. The first-order valence-corrected chi connectivity index (χ1v) is 10.7. The second-order valence-corrected chi connectivity index (χ2v) is 8.04. The summed E-state index contributed by atoms with van der Waals surface area (Å²) < 4.78 is 22.6. The van der Waals surface area contributed by atoms with Crippen LogP contribution in [0.4, 0.5) is 0 Å². The van der Waals surface area contributed by atoms with E-state index in [0.29, 0.717) is 40.5 Å². The second kappa shape index (κ2) is 10.9. The van der Waals surface area contributed by atoms with Crippen molar-refractivity contribution in [2.75, 3.05) is 34.0 Å². The van der Waals surface area contributed by atoms with E-state index in [9.17, 15) is 4.79 Å². The number of amides is 1. The van der Waals surface area contributed by atoms with Crippen LogP contribution in [0, 0.1) is 0 Å². The first kappa shape index (κ1) is 22.7. The minimum atomic E-state index is -0.120. The molecule has 8 heteroatoms. The standard InChI is InChI=1S/C23H23NO5S2/c1-4-11-24-22(25)21(31-23(24)30)15-16-5-10-19(20(14-16)27-3)29-13-12-28-18-8-6-17(26-2)7-9-18/h4-10,14-15H,1,11-13H2,2-3H3. The van der Waals surface area contributed by atoms with Crippen molar-refractivity contribution in [1.29, 1.82) is 0 Å². The third-order valence-corrected chi connectivity index (χ3v) is 5.72. The van der Waals surface area contributed by atoms with E-state index in [1.165, 1.54) is 16.7 Å². The van der Waals surface area contributed by atoms with Crippen molar-refractivity contribution in [3.05, 3.63) is 65.6 Å². The monoisotopic (exact) mass is 457 g/mol. The third kappa shape index (κ3) is 5.80. The van der Waals surface area contributed by atoms with E-state index in [2.05, 4.69) is 6.58 Å². The summed E-state index contributed by atoms with van der Waals surface area (Å²) in [4.78, 5) is 14.6. The molecule has 2 aromatic carbocycles. The lowest BCUT2D eigenvalue weighted by Gasteiger charge is -2.12. The van der Waals surface area contributed by atoms with Gasteiger partial charge < -0.3 is 18.9 Å². The van der Waals surface area contributed by atoms with Crippen LogP contribution >= 0.6 is 24.0 Å². The zero-order valence-corrected chi connectivity index (χ0v) is 19.0. The number of nitrogens with zero attached hydrogens (tertiary/aromatic N) is 1. The molecule has 31 heavy (non-hydrogen) atoms. The molecule has 6 nitrogen and oxygen atoms in total. The number of thiocarbonyl (C=S) groups is 1. The highest BCUT2D eigenvalue weighted by molar-refractivity contribution is 8.26. The number of methoxy groups -OCH3 is 2. The Kier molecular flexibility index (Phi) is 7.97. The van der Waals surface area contributed by atoms with Gasteiger partial charge in [-0.15, -0.1) is 6.58 Å². The molecule has 0 saturated carbocycles. The Morgan fingerprint density at radius 1 is 1.00 bits per heavy atom. The molecule has 1 aliphatic heterocycles. The predicted octanol–water partition coefficient (Wildman–Crippen LogP) is 4.55. The second-order valence-electron chi connectivity index (χ2n) is 6.36. The summed E-state index contributed by atoms with van der Waals surface area (Å²) in [6.45, 7) is 4.79. The fraction of sp³-hybridized carbons (Fsp3) is 0.217. The minimum absolute atomic E-state index is 0.120. The molecular weight excluding hydrogens is 434 g/mol. The molecule has 0 unspecified atom stereocenters. The normalized spacial score (nSPS) is 14.6. The molecule has 0 N–H and O–H groups in total. The molecule has 3 rings (SSSR count). The summed E-state index contributed by atoms with van der Waals surface area (Å²) in [5, 5.41) is 0. The van der Waals surface area contributed by atoms with Crippen molar-refractivity contribution in [3.63, 3.8) is 0 Å². The van der Waals surface area contributed by atoms with Crippen LogP contribution in [0.15, 0.2) is 60.0 Å². The van der Waals surface area contributed by atoms with Crippen molar-refractivity contribution >= 4 is 40.3 Å². The molecule has 162 valence electrons. The first-order valence-electron chi connectivity index (χ1n) is 9.49. The molecule has 2 aromatic rings. The summed E-state index contributed by atoms with van der Waals surface area (Å²) in [5.74, 6) is 2.55. The highest BCUT2D eigenvalue weighted by atomic mass is 32.2. The number of ether oxygens (including phenoxy) is 4. The van der Waals surface area contributed by atoms with Gasteiger partial charge in [0.15, 0.2) is 11.5 Å². The Bertz CT molecular complexity index is 988. The maximum atomic E-state index is 12.5. The number of carbonyl (C=O) groups is 1. The molecular formula is C23H23NO5S2. The quantitative estimate of drug-likeness (QED) is 0.225. The SMILES string of the molecule is C=CCN1C(=O)C(=Cc2ccc(OCCOc3ccc(OC)cc3)c(OC)c2)SC1=S. The van der Waals surface area contributed by atoms with Gasteiger partial charge in [0.2, 0.25) is 0 Å². The van der Waals surface area contributed by atoms with Gasteiger partial charge in [-0.2, -0.15) is 0 Å². The average molecular weight is 458 g/mol. The van der Waals surface area contributed by atoms with Gasteiger partial charge in [0.25, 0.3) is 5.91 Å². The Labute approximate surface area is 191 Å². The number of carbonyl (C=O) groups excluding carboxylic acids is 1. The summed E-state index contributed by atoms with van der Waals surface area (Å²) in [7, 11) is 3.19. The van der Waals surface area contributed by atoms with Gasteiger partial charge in [-0.3, -0.25) is 9.69 Å². The lowest BCUT2D eigenvalue weighted by atomic mass is 10.2. The van der Waals surface area contributed by atoms with E-state index in [1.807, 2.05) is 42.5 Å². The summed E-state index contributed by atoms with van der Waals surface area (Å²) in [6, 6.07) is 12.8. The summed E-state index contributed by atoms with van der Waals surface area (Å²) in [6.07, 6.45) is 3.45. The van der Waals surface area contributed by atoms with Crippen LogP contribution in [0.5, 0.6) is 23.0 Å². The Hall–Kier alpha value is -2.97. The molecule has 1 aliphatic rings. The van der Waals surface area contributed by atoms with Gasteiger partial charge in [-0.1, -0.05) is 36.1 Å². The molecule has 0 radical (unpaired) electrons. The van der Waals surface area contributed by atoms with E-state index in [0.717, 1.165) is 17.1 Å². The molecule has 0 atom stereocenters. The highest BCUT2D eigenvalue weighted by Crippen LogP contribution is 2.34. The van der Waals surface area contributed by atoms with Crippen molar-refractivity contribution in [1.82, 2.24) is 4.90 Å². The van der Waals surface area contributed by atoms with Crippen molar-refractivity contribution < 1.29 is 23.7 Å². The van der Waals surface area contributed by atoms with Gasteiger partial charge in [0.1, 0.15) is 29.0 Å². The number of thioether (sulfide) groups is 1. The molecule has 0 bridgehead atoms. The maximum Gasteiger partial charge on any atom is 0.266 e. The average Bonchev–Trinajstić information content (AvgIpc) is 3.05. The lowest BCUT2D eigenvalue weighted by molar-refractivity contribution is -0.121. The zero-order chi connectivity index (χ0) is 22.2. The fourth-order valence-corrected chi connectivity index (χ4v) is 4.09. The first-order chi connectivity index (χ1) is 15.0. The van der Waals surface area contributed by atoms with Gasteiger partial charge in [-0.25, -0.2) is 0 Å². The molecule has 1 saturated heterocycles. The van der Waals surface area contributed by atoms with Crippen LogP contribution < -0.4 is 18.9 Å². The van der Waals surface area contributed by atoms with Crippen LogP contribution in [-0.2, 0) is 4.79 Å². The van der Waals surface area contributed by atoms with E-state index in [1.54, 1.807) is 26.4 Å². The molecule has 1 fully saturated rings.